The number of rotatable bonds is 2. The van der Waals surface area contributed by atoms with Gasteiger partial charge in [-0.25, -0.2) is 0 Å². The lowest BCUT2D eigenvalue weighted by molar-refractivity contribution is 1.18. The lowest BCUT2D eigenvalue weighted by Gasteiger charge is -2.11. The van der Waals surface area contributed by atoms with Crippen LogP contribution < -0.4 is 0 Å². The van der Waals surface area contributed by atoms with Crippen LogP contribution in [0.1, 0.15) is 20.8 Å². The van der Waals surface area contributed by atoms with E-state index >= 15 is 0 Å². The Bertz CT molecular complexity index is 464. The van der Waals surface area contributed by atoms with Gasteiger partial charge in [-0.1, -0.05) is 51.8 Å². The Balaban J connectivity index is 2.41. The number of hydrogen-bond donors (Lipinski definition) is 0. The van der Waals surface area contributed by atoms with Gasteiger partial charge in [0.2, 0.25) is 0 Å². The lowest BCUT2D eigenvalue weighted by atomic mass is 10.1. The second-order valence-electron chi connectivity index (χ2n) is 3.35. The number of benzene rings is 1. The van der Waals surface area contributed by atoms with Gasteiger partial charge in [0, 0.05) is 4.88 Å². The molecule has 0 spiro atoms. The van der Waals surface area contributed by atoms with Crippen molar-refractivity contribution in [1.29, 1.82) is 0 Å². The van der Waals surface area contributed by atoms with Gasteiger partial charge in [-0.15, -0.1) is 11.3 Å². The summed E-state index contributed by atoms with van der Waals surface area (Å²) in [5.74, 6) is 0. The molecule has 0 bridgehead atoms. The summed E-state index contributed by atoms with van der Waals surface area (Å²) in [4.78, 5) is 1.37. The van der Waals surface area contributed by atoms with Crippen LogP contribution in [-0.2, 0) is 0 Å². The third kappa shape index (κ3) is 2.27. The average molecular weight is 302 g/mol. The summed E-state index contributed by atoms with van der Waals surface area (Å²) < 4.78 is 0. The maximum atomic E-state index is 6.12. The number of thiophene rings is 1. The first-order valence-corrected chi connectivity index (χ1v) is 6.80. The van der Waals surface area contributed by atoms with Crippen molar-refractivity contribution in [2.24, 2.45) is 0 Å². The molecule has 0 radical (unpaired) electrons. The molecule has 1 unspecified atom stereocenters. The molecule has 0 N–H and O–H groups in total. The Morgan fingerprint density at radius 3 is 2.60 bits per heavy atom. The van der Waals surface area contributed by atoms with Gasteiger partial charge < -0.3 is 0 Å². The van der Waals surface area contributed by atoms with Crippen molar-refractivity contribution in [3.05, 3.63) is 56.7 Å². The molecule has 0 aliphatic carbocycles. The predicted molar refractivity (Wildman–Crippen MR) is 71.3 cm³/mol. The molecule has 0 saturated carbocycles. The van der Waals surface area contributed by atoms with E-state index < -0.39 is 0 Å². The van der Waals surface area contributed by atoms with E-state index in [1.165, 1.54) is 16.0 Å². The lowest BCUT2D eigenvalue weighted by Crippen LogP contribution is -1.93. The summed E-state index contributed by atoms with van der Waals surface area (Å²) in [7, 11) is 0. The summed E-state index contributed by atoms with van der Waals surface area (Å²) in [6, 6.07) is 10.3. The summed E-state index contributed by atoms with van der Waals surface area (Å²) in [6.45, 7) is 2.12. The standard InChI is InChI=1S/C12H10BrClS/c1-8-4-2-3-5-9(8)11(13)12-10(14)6-7-15-12/h2-7,11H,1H3. The second-order valence-corrected chi connectivity index (χ2v) is 5.62. The molecular weight excluding hydrogens is 292 g/mol. The van der Waals surface area contributed by atoms with E-state index in [2.05, 4.69) is 47.1 Å². The molecule has 0 saturated heterocycles. The van der Waals surface area contributed by atoms with Gasteiger partial charge in [0.15, 0.2) is 0 Å². The molecule has 2 rings (SSSR count). The molecule has 1 aromatic heterocycles. The zero-order chi connectivity index (χ0) is 10.8. The van der Waals surface area contributed by atoms with Crippen LogP contribution in [0.25, 0.3) is 0 Å². The van der Waals surface area contributed by atoms with Gasteiger partial charge in [0.05, 0.1) is 9.85 Å². The second kappa shape index (κ2) is 4.69. The largest absolute Gasteiger partial charge is 0.146 e. The Labute approximate surface area is 107 Å². The summed E-state index contributed by atoms with van der Waals surface area (Å²) >= 11 is 11.5. The maximum absolute atomic E-state index is 6.12. The van der Waals surface area contributed by atoms with Crippen molar-refractivity contribution in [2.45, 2.75) is 11.8 Å². The fourth-order valence-corrected chi connectivity index (χ4v) is 3.87. The van der Waals surface area contributed by atoms with E-state index in [1.807, 2.05) is 11.4 Å². The zero-order valence-electron chi connectivity index (χ0n) is 8.21. The number of hydrogen-bond acceptors (Lipinski definition) is 1. The van der Waals surface area contributed by atoms with Crippen LogP contribution >= 0.6 is 38.9 Å². The van der Waals surface area contributed by atoms with Gasteiger partial charge in [0.1, 0.15) is 0 Å². The highest BCUT2D eigenvalue weighted by Gasteiger charge is 2.16. The smallest absolute Gasteiger partial charge is 0.0755 e. The average Bonchev–Trinajstić information content (AvgIpc) is 2.64. The van der Waals surface area contributed by atoms with Crippen molar-refractivity contribution in [3.63, 3.8) is 0 Å². The van der Waals surface area contributed by atoms with Crippen LogP contribution in [0.15, 0.2) is 35.7 Å². The minimum atomic E-state index is 0.200. The molecule has 0 aliphatic heterocycles. The Hall–Kier alpha value is -0.310. The molecule has 3 heteroatoms. The molecule has 0 nitrogen and oxygen atoms in total. The molecule has 78 valence electrons. The summed E-state index contributed by atoms with van der Waals surface area (Å²) in [5, 5.41) is 2.86. The molecule has 0 amide bonds. The van der Waals surface area contributed by atoms with E-state index in [0.717, 1.165) is 5.02 Å². The van der Waals surface area contributed by atoms with Crippen molar-refractivity contribution in [2.75, 3.05) is 0 Å². The van der Waals surface area contributed by atoms with Crippen LogP contribution in [0, 0.1) is 6.92 Å². The minimum absolute atomic E-state index is 0.200. The van der Waals surface area contributed by atoms with E-state index in [0.29, 0.717) is 0 Å². The molecule has 1 aromatic carbocycles. The highest BCUT2D eigenvalue weighted by atomic mass is 79.9. The molecular formula is C12H10BrClS. The fourth-order valence-electron chi connectivity index (χ4n) is 1.50. The highest BCUT2D eigenvalue weighted by molar-refractivity contribution is 9.09. The van der Waals surface area contributed by atoms with Gasteiger partial charge in [-0.2, -0.15) is 0 Å². The number of alkyl halides is 1. The maximum Gasteiger partial charge on any atom is 0.0755 e. The van der Waals surface area contributed by atoms with E-state index in [9.17, 15) is 0 Å². The van der Waals surface area contributed by atoms with Crippen LogP contribution in [0.3, 0.4) is 0 Å². The summed E-state index contributed by atoms with van der Waals surface area (Å²) in [6.07, 6.45) is 0. The van der Waals surface area contributed by atoms with E-state index in [1.54, 1.807) is 11.3 Å². The normalized spacial score (nSPS) is 12.7. The molecule has 1 atom stereocenters. The topological polar surface area (TPSA) is 0 Å². The van der Waals surface area contributed by atoms with Crippen LogP contribution in [0.4, 0.5) is 0 Å². The zero-order valence-corrected chi connectivity index (χ0v) is 11.4. The van der Waals surface area contributed by atoms with Gasteiger partial charge in [-0.05, 0) is 29.5 Å². The first kappa shape index (κ1) is 11.2. The van der Waals surface area contributed by atoms with Crippen molar-refractivity contribution < 1.29 is 0 Å². The number of aryl methyl sites for hydroxylation is 1. The van der Waals surface area contributed by atoms with Crippen molar-refractivity contribution >= 4 is 38.9 Å². The van der Waals surface area contributed by atoms with Crippen LogP contribution in [0.2, 0.25) is 5.02 Å². The first-order chi connectivity index (χ1) is 7.20. The molecule has 1 heterocycles. The van der Waals surface area contributed by atoms with Gasteiger partial charge >= 0.3 is 0 Å². The Kier molecular flexibility index (Phi) is 3.49. The molecule has 0 fully saturated rings. The van der Waals surface area contributed by atoms with Crippen LogP contribution in [0.5, 0.6) is 0 Å². The quantitative estimate of drug-likeness (QED) is 0.669. The van der Waals surface area contributed by atoms with Gasteiger partial charge in [-0.3, -0.25) is 0 Å². The Morgan fingerprint density at radius 2 is 2.00 bits per heavy atom. The molecule has 0 aliphatic rings. The molecule has 15 heavy (non-hydrogen) atoms. The third-order valence-corrected chi connectivity index (χ3v) is 5.01. The molecule has 2 aromatic rings. The van der Waals surface area contributed by atoms with Crippen molar-refractivity contribution in [1.82, 2.24) is 0 Å². The highest BCUT2D eigenvalue weighted by Crippen LogP contribution is 2.39. The summed E-state index contributed by atoms with van der Waals surface area (Å²) in [5.41, 5.74) is 2.56. The SMILES string of the molecule is Cc1ccccc1C(Br)c1sccc1Cl. The van der Waals surface area contributed by atoms with Crippen molar-refractivity contribution in [3.8, 4) is 0 Å². The predicted octanol–water partition coefficient (Wildman–Crippen LogP) is 5.19. The third-order valence-electron chi connectivity index (χ3n) is 2.34. The minimum Gasteiger partial charge on any atom is -0.146 e. The fraction of sp³-hybridized carbons (Fsp3) is 0.167. The van der Waals surface area contributed by atoms with E-state index in [-0.39, 0.29) is 4.83 Å². The monoisotopic (exact) mass is 300 g/mol. The van der Waals surface area contributed by atoms with Gasteiger partial charge in [0.25, 0.3) is 0 Å². The van der Waals surface area contributed by atoms with Crippen LogP contribution in [-0.4, -0.2) is 0 Å². The Morgan fingerprint density at radius 1 is 1.27 bits per heavy atom. The number of halogens is 2. The van der Waals surface area contributed by atoms with E-state index in [4.69, 9.17) is 11.6 Å². The first-order valence-electron chi connectivity index (χ1n) is 4.62.